The predicted octanol–water partition coefficient (Wildman–Crippen LogP) is 2.36. The smallest absolute Gasteiger partial charge is 0.399 e. The van der Waals surface area contributed by atoms with Gasteiger partial charge in [0, 0.05) is 11.2 Å². The van der Waals surface area contributed by atoms with E-state index >= 15 is 0 Å². The molecule has 0 atom stereocenters. The van der Waals surface area contributed by atoms with Gasteiger partial charge in [-0.15, -0.1) is 0 Å². The van der Waals surface area contributed by atoms with E-state index in [-0.39, 0.29) is 16.7 Å². The van der Waals surface area contributed by atoms with Crippen molar-refractivity contribution in [1.82, 2.24) is 0 Å². The molecule has 0 bridgehead atoms. The maximum atomic E-state index is 14.3. The van der Waals surface area contributed by atoms with E-state index in [4.69, 9.17) is 25.1 Å². The molecule has 1 aromatic carbocycles. The second-order valence-electron chi connectivity index (χ2n) is 6.53. The maximum Gasteiger partial charge on any atom is 0.497 e. The largest absolute Gasteiger partial charge is 0.497 e. The average molecular weight is 338 g/mol. The highest BCUT2D eigenvalue weighted by molar-refractivity contribution is 6.62. The quantitative estimate of drug-likeness (QED) is 0.670. The second kappa shape index (κ2) is 6.57. The van der Waals surface area contributed by atoms with Gasteiger partial charge in [-0.05, 0) is 45.9 Å². The summed E-state index contributed by atoms with van der Waals surface area (Å²) in [4.78, 5) is 0. The Kier molecular flexibility index (Phi) is 4.86. The van der Waals surface area contributed by atoms with Gasteiger partial charge in [0.05, 0.1) is 11.2 Å². The number of hydrogen-bond donors (Lipinski definition) is 1. The van der Waals surface area contributed by atoms with Crippen molar-refractivity contribution >= 4 is 18.3 Å². The first-order chi connectivity index (χ1) is 11.6. The van der Waals surface area contributed by atoms with Crippen molar-refractivity contribution in [3.63, 3.8) is 0 Å². The van der Waals surface area contributed by atoms with Crippen molar-refractivity contribution in [3.8, 4) is 18.2 Å². The molecule has 1 N–H and O–H groups in total. The fraction of sp³-hybridized carbons (Fsp3) is 0.353. The van der Waals surface area contributed by atoms with Gasteiger partial charge in [0.25, 0.3) is 0 Å². The molecule has 8 heteroatoms. The number of hydrogen-bond acceptors (Lipinski definition) is 6. The number of halogens is 1. The fourth-order valence-electron chi connectivity index (χ4n) is 2.20. The molecule has 0 aliphatic carbocycles. The van der Waals surface area contributed by atoms with Gasteiger partial charge in [-0.1, -0.05) is 0 Å². The number of rotatable bonds is 3. The Bertz CT molecular complexity index is 827. The van der Waals surface area contributed by atoms with Crippen molar-refractivity contribution in [3.05, 3.63) is 35.3 Å². The summed E-state index contributed by atoms with van der Waals surface area (Å²) in [5.74, 6) is -0.521. The van der Waals surface area contributed by atoms with Crippen LogP contribution in [-0.4, -0.2) is 18.3 Å². The number of nitrogens with one attached hydrogen (secondary N) is 1. The van der Waals surface area contributed by atoms with Crippen LogP contribution in [0.2, 0.25) is 0 Å². The van der Waals surface area contributed by atoms with Crippen LogP contribution in [0.4, 0.5) is 10.1 Å². The SMILES string of the molecule is CC1(C)OB(c2cc(NC(C#N)=C(C#N)C#N)ccc2F)OC1(C)C. The molecule has 0 amide bonds. The van der Waals surface area contributed by atoms with E-state index in [0.717, 1.165) is 0 Å². The highest BCUT2D eigenvalue weighted by Gasteiger charge is 2.52. The van der Waals surface area contributed by atoms with Gasteiger partial charge in [0.2, 0.25) is 0 Å². The van der Waals surface area contributed by atoms with Crippen molar-refractivity contribution in [2.75, 3.05) is 5.32 Å². The van der Waals surface area contributed by atoms with E-state index in [0.29, 0.717) is 5.69 Å². The lowest BCUT2D eigenvalue weighted by atomic mass is 9.78. The molecule has 1 fully saturated rings. The number of anilines is 1. The molecule has 0 radical (unpaired) electrons. The lowest BCUT2D eigenvalue weighted by Gasteiger charge is -2.32. The first-order valence-corrected chi connectivity index (χ1v) is 7.52. The normalized spacial score (nSPS) is 17.1. The highest BCUT2D eigenvalue weighted by atomic mass is 19.1. The van der Waals surface area contributed by atoms with Crippen LogP contribution in [0.3, 0.4) is 0 Å². The molecule has 0 saturated carbocycles. The van der Waals surface area contributed by atoms with Gasteiger partial charge in [0.15, 0.2) is 5.57 Å². The molecular weight excluding hydrogens is 322 g/mol. The molecule has 2 rings (SSSR count). The summed E-state index contributed by atoms with van der Waals surface area (Å²) in [5.41, 5.74) is -1.32. The maximum absolute atomic E-state index is 14.3. The third-order valence-corrected chi connectivity index (χ3v) is 4.36. The zero-order chi connectivity index (χ0) is 18.8. The van der Waals surface area contributed by atoms with Crippen LogP contribution in [0.1, 0.15) is 27.7 Å². The summed E-state index contributed by atoms with van der Waals surface area (Å²) in [6.07, 6.45) is 0. The summed E-state index contributed by atoms with van der Waals surface area (Å²) in [6.45, 7) is 7.43. The zero-order valence-corrected chi connectivity index (χ0v) is 14.3. The Hall–Kier alpha value is -2.86. The monoisotopic (exact) mass is 338 g/mol. The van der Waals surface area contributed by atoms with Gasteiger partial charge in [-0.25, -0.2) is 4.39 Å². The molecule has 25 heavy (non-hydrogen) atoms. The van der Waals surface area contributed by atoms with Gasteiger partial charge >= 0.3 is 7.12 Å². The standard InChI is InChI=1S/C17H16BFN4O2/c1-16(2)17(3,4)25-18(24-16)13-7-12(5-6-14(13)19)23-15(10-22)11(8-20)9-21/h5-7,23H,1-4H3. The molecule has 126 valence electrons. The van der Waals surface area contributed by atoms with Crippen molar-refractivity contribution < 1.29 is 13.7 Å². The summed E-state index contributed by atoms with van der Waals surface area (Å²) < 4.78 is 25.9. The number of allylic oxidation sites excluding steroid dienone is 2. The third kappa shape index (κ3) is 3.49. The summed E-state index contributed by atoms with van der Waals surface area (Å²) >= 11 is 0. The Labute approximate surface area is 146 Å². The molecule has 1 saturated heterocycles. The minimum atomic E-state index is -0.910. The van der Waals surface area contributed by atoms with E-state index in [1.165, 1.54) is 18.2 Å². The average Bonchev–Trinajstić information content (AvgIpc) is 2.76. The Morgan fingerprint density at radius 2 is 1.60 bits per heavy atom. The van der Waals surface area contributed by atoms with E-state index in [1.807, 2.05) is 27.7 Å². The van der Waals surface area contributed by atoms with Gasteiger partial charge in [-0.2, -0.15) is 15.8 Å². The lowest BCUT2D eigenvalue weighted by molar-refractivity contribution is 0.00578. The minimum absolute atomic E-state index is 0.163. The highest BCUT2D eigenvalue weighted by Crippen LogP contribution is 2.36. The van der Waals surface area contributed by atoms with Gasteiger partial charge in [0.1, 0.15) is 29.7 Å². The molecular formula is C17H16BFN4O2. The topological polar surface area (TPSA) is 102 Å². The molecule has 1 aliphatic rings. The first kappa shape index (κ1) is 18.5. The lowest BCUT2D eigenvalue weighted by Crippen LogP contribution is -2.41. The number of benzene rings is 1. The van der Waals surface area contributed by atoms with Crippen LogP contribution in [-0.2, 0) is 9.31 Å². The molecule has 1 aromatic rings. The van der Waals surface area contributed by atoms with Crippen LogP contribution in [0.25, 0.3) is 0 Å². The number of nitriles is 3. The van der Waals surface area contributed by atoms with Crippen molar-refractivity contribution in [1.29, 1.82) is 15.8 Å². The van der Waals surface area contributed by atoms with E-state index in [9.17, 15) is 4.39 Å². The van der Waals surface area contributed by atoms with Gasteiger partial charge in [-0.3, -0.25) is 0 Å². The molecule has 0 spiro atoms. The summed E-state index contributed by atoms with van der Waals surface area (Å²) in [6, 6.07) is 9.05. The summed E-state index contributed by atoms with van der Waals surface area (Å²) in [5, 5.41) is 29.5. The number of nitrogens with zero attached hydrogens (tertiary/aromatic N) is 3. The molecule has 0 unspecified atom stereocenters. The van der Waals surface area contributed by atoms with E-state index < -0.39 is 24.1 Å². The van der Waals surface area contributed by atoms with Crippen molar-refractivity contribution in [2.45, 2.75) is 38.9 Å². The fourth-order valence-corrected chi connectivity index (χ4v) is 2.20. The molecule has 6 nitrogen and oxygen atoms in total. The molecule has 1 aliphatic heterocycles. The Morgan fingerprint density at radius 1 is 1.04 bits per heavy atom. The van der Waals surface area contributed by atoms with Crippen LogP contribution in [0.5, 0.6) is 0 Å². The predicted molar refractivity (Wildman–Crippen MR) is 89.6 cm³/mol. The van der Waals surface area contributed by atoms with Crippen molar-refractivity contribution in [2.24, 2.45) is 0 Å². The van der Waals surface area contributed by atoms with Crippen LogP contribution in [0, 0.1) is 39.8 Å². The Balaban J connectivity index is 2.38. The summed E-state index contributed by atoms with van der Waals surface area (Å²) in [7, 11) is -0.910. The van der Waals surface area contributed by atoms with Crippen LogP contribution in [0.15, 0.2) is 29.5 Å². The Morgan fingerprint density at radius 3 is 2.08 bits per heavy atom. The minimum Gasteiger partial charge on any atom is -0.399 e. The first-order valence-electron chi connectivity index (χ1n) is 7.52. The molecule has 1 heterocycles. The molecule has 0 aromatic heterocycles. The van der Waals surface area contributed by atoms with E-state index in [1.54, 1.807) is 18.2 Å². The third-order valence-electron chi connectivity index (χ3n) is 4.36. The van der Waals surface area contributed by atoms with Gasteiger partial charge < -0.3 is 14.6 Å². The van der Waals surface area contributed by atoms with E-state index in [2.05, 4.69) is 5.32 Å². The van der Waals surface area contributed by atoms with Crippen LogP contribution >= 0.6 is 0 Å². The van der Waals surface area contributed by atoms with Crippen LogP contribution < -0.4 is 10.8 Å². The second-order valence-corrected chi connectivity index (χ2v) is 6.53. The zero-order valence-electron chi connectivity index (χ0n) is 14.3.